The summed E-state index contributed by atoms with van der Waals surface area (Å²) in [5, 5.41) is 23.5. The first kappa shape index (κ1) is 37.2. The van der Waals surface area contributed by atoms with Gasteiger partial charge in [0, 0.05) is 31.8 Å². The average molecular weight is 651 g/mol. The van der Waals surface area contributed by atoms with Crippen LogP contribution in [0.5, 0.6) is 0 Å². The van der Waals surface area contributed by atoms with E-state index in [1.165, 1.54) is 13.8 Å². The lowest BCUT2D eigenvalue weighted by molar-refractivity contribution is -0.220. The highest BCUT2D eigenvalue weighted by Crippen LogP contribution is 2.58. The van der Waals surface area contributed by atoms with Crippen LogP contribution in [0.1, 0.15) is 113 Å². The zero-order valence-corrected chi connectivity index (χ0v) is 28.3. The first-order chi connectivity index (χ1) is 21.5. The van der Waals surface area contributed by atoms with Crippen molar-refractivity contribution in [2.75, 3.05) is 0 Å². The molecule has 0 aromatic rings. The highest BCUT2D eigenvalue weighted by atomic mass is 16.6. The van der Waals surface area contributed by atoms with Crippen LogP contribution >= 0.6 is 0 Å². The van der Waals surface area contributed by atoms with Crippen LogP contribution < -0.4 is 0 Å². The fraction of sp³-hybridized carbons (Fsp3) is 0.735. The van der Waals surface area contributed by atoms with Gasteiger partial charge in [0.25, 0.3) is 0 Å². The molecule has 2 N–H and O–H groups in total. The van der Waals surface area contributed by atoms with Crippen molar-refractivity contribution in [3.05, 3.63) is 22.8 Å². The van der Waals surface area contributed by atoms with E-state index < -0.39 is 83.4 Å². The van der Waals surface area contributed by atoms with E-state index in [0.717, 1.165) is 32.6 Å². The van der Waals surface area contributed by atoms with Crippen LogP contribution in [0.3, 0.4) is 0 Å². The van der Waals surface area contributed by atoms with Gasteiger partial charge in [-0.15, -0.1) is 0 Å². The van der Waals surface area contributed by atoms with Crippen LogP contribution in [-0.2, 0) is 47.7 Å². The molecule has 1 heterocycles. The molecule has 2 fully saturated rings. The SMILES string of the molecule is C/C=C(/C)C(=O)O[C@H]1C(C)=C2[C@H]([C@@H]1OC(=O)CCCCCCC)[C@@](C)(OC(C)=O)C[C@H](O)[C@@]1(OC(=O)CCC)[C@H]2OC(=O)[C@@]1(C)O. The maximum atomic E-state index is 13.3. The van der Waals surface area contributed by atoms with Crippen LogP contribution in [0.25, 0.3) is 0 Å². The lowest BCUT2D eigenvalue weighted by Crippen LogP contribution is -2.65. The molecule has 0 bridgehead atoms. The second-order valence-corrected chi connectivity index (χ2v) is 13.0. The van der Waals surface area contributed by atoms with Crippen molar-refractivity contribution in [1.29, 1.82) is 0 Å². The monoisotopic (exact) mass is 650 g/mol. The number of esters is 5. The van der Waals surface area contributed by atoms with E-state index in [2.05, 4.69) is 6.92 Å². The number of aliphatic hydroxyl groups excluding tert-OH is 1. The molecule has 8 atom stereocenters. The molecule has 0 aromatic heterocycles. The number of rotatable bonds is 13. The van der Waals surface area contributed by atoms with Gasteiger partial charge in [-0.3, -0.25) is 14.4 Å². The third kappa shape index (κ3) is 6.88. The van der Waals surface area contributed by atoms with Gasteiger partial charge in [-0.2, -0.15) is 0 Å². The number of hydrogen-bond donors (Lipinski definition) is 2. The molecule has 46 heavy (non-hydrogen) atoms. The second kappa shape index (κ2) is 14.7. The molecule has 0 spiro atoms. The normalized spacial score (nSPS) is 33.8. The molecule has 12 heteroatoms. The summed E-state index contributed by atoms with van der Waals surface area (Å²) in [6.45, 7) is 12.4. The second-order valence-electron chi connectivity index (χ2n) is 13.0. The van der Waals surface area contributed by atoms with Gasteiger partial charge in [0.15, 0.2) is 18.3 Å². The van der Waals surface area contributed by atoms with Crippen molar-refractivity contribution in [3.8, 4) is 0 Å². The van der Waals surface area contributed by atoms with Gasteiger partial charge in [0.1, 0.15) is 11.7 Å². The van der Waals surface area contributed by atoms with E-state index in [9.17, 15) is 34.2 Å². The lowest BCUT2D eigenvalue weighted by atomic mass is 9.75. The molecular weight excluding hydrogens is 600 g/mol. The van der Waals surface area contributed by atoms with Crippen molar-refractivity contribution in [2.45, 2.75) is 154 Å². The molecule has 1 saturated carbocycles. The van der Waals surface area contributed by atoms with Gasteiger partial charge < -0.3 is 33.9 Å². The summed E-state index contributed by atoms with van der Waals surface area (Å²) in [5.41, 5.74) is -5.88. The fourth-order valence-corrected chi connectivity index (χ4v) is 7.03. The third-order valence-corrected chi connectivity index (χ3v) is 9.51. The number of ether oxygens (including phenoxy) is 5. The fourth-order valence-electron chi connectivity index (χ4n) is 7.03. The van der Waals surface area contributed by atoms with Gasteiger partial charge in [0.05, 0.1) is 5.92 Å². The molecule has 0 aromatic carbocycles. The Kier molecular flexibility index (Phi) is 11.9. The molecule has 2 aliphatic carbocycles. The Morgan fingerprint density at radius 1 is 0.957 bits per heavy atom. The minimum absolute atomic E-state index is 0.0778. The molecule has 0 unspecified atom stereocenters. The van der Waals surface area contributed by atoms with Crippen molar-refractivity contribution in [1.82, 2.24) is 0 Å². The van der Waals surface area contributed by atoms with Crippen LogP contribution in [0.2, 0.25) is 0 Å². The molecule has 0 amide bonds. The molecule has 258 valence electrons. The highest BCUT2D eigenvalue weighted by Gasteiger charge is 2.77. The van der Waals surface area contributed by atoms with Crippen LogP contribution in [-0.4, -0.2) is 81.3 Å². The smallest absolute Gasteiger partial charge is 0.343 e. The number of allylic oxidation sites excluding steroid dienone is 1. The Bertz CT molecular complexity index is 1260. The highest BCUT2D eigenvalue weighted by molar-refractivity contribution is 5.88. The summed E-state index contributed by atoms with van der Waals surface area (Å²) in [4.78, 5) is 65.4. The van der Waals surface area contributed by atoms with Crippen molar-refractivity contribution >= 4 is 29.8 Å². The summed E-state index contributed by atoms with van der Waals surface area (Å²) in [6.07, 6.45) is -0.0419. The van der Waals surface area contributed by atoms with E-state index in [1.54, 1.807) is 33.8 Å². The Labute approximate surface area is 270 Å². The van der Waals surface area contributed by atoms with Gasteiger partial charge in [0.2, 0.25) is 11.2 Å². The topological polar surface area (TPSA) is 172 Å². The minimum atomic E-state index is -2.54. The predicted octanol–water partition coefficient (Wildman–Crippen LogP) is 3.93. The Morgan fingerprint density at radius 3 is 2.20 bits per heavy atom. The van der Waals surface area contributed by atoms with Crippen LogP contribution in [0.4, 0.5) is 0 Å². The number of hydrogen-bond acceptors (Lipinski definition) is 12. The number of aliphatic hydroxyl groups is 2. The standard InChI is InChI=1S/C34H50O12/c1-9-12-13-14-15-17-23(37)42-28-26-25(20(5)27(28)43-30(39)19(4)11-3)29-34(46-24(38)16-10-2,33(8,41)31(40)44-29)22(36)18-32(26,7)45-21(6)35/h11,22,26-29,36,41H,9-10,12-18H2,1-8H3/b19-11-/t22-,26+,27-,28-,29-,32-,33+,34+/m0/s1. The maximum absolute atomic E-state index is 13.3. The summed E-state index contributed by atoms with van der Waals surface area (Å²) in [5.74, 6) is -5.10. The zero-order valence-electron chi connectivity index (χ0n) is 28.3. The van der Waals surface area contributed by atoms with E-state index in [-0.39, 0.29) is 29.6 Å². The summed E-state index contributed by atoms with van der Waals surface area (Å²) in [6, 6.07) is 0. The third-order valence-electron chi connectivity index (χ3n) is 9.51. The van der Waals surface area contributed by atoms with Crippen molar-refractivity contribution in [3.63, 3.8) is 0 Å². The van der Waals surface area contributed by atoms with E-state index in [1.807, 2.05) is 0 Å². The summed E-state index contributed by atoms with van der Waals surface area (Å²) in [7, 11) is 0. The minimum Gasteiger partial charge on any atom is -0.459 e. The molecule has 0 radical (unpaired) electrons. The van der Waals surface area contributed by atoms with Crippen molar-refractivity contribution in [2.24, 2.45) is 5.92 Å². The van der Waals surface area contributed by atoms with Crippen LogP contribution in [0, 0.1) is 5.92 Å². The van der Waals surface area contributed by atoms with Gasteiger partial charge in [-0.25, -0.2) is 9.59 Å². The van der Waals surface area contributed by atoms with Gasteiger partial charge in [-0.05, 0) is 58.6 Å². The number of carbonyl (C=O) groups is 5. The summed E-state index contributed by atoms with van der Waals surface area (Å²) < 4.78 is 29.5. The first-order valence-electron chi connectivity index (χ1n) is 16.3. The quantitative estimate of drug-likeness (QED) is 0.0969. The Hall–Kier alpha value is -3.25. The molecule has 3 aliphatic rings. The summed E-state index contributed by atoms with van der Waals surface area (Å²) >= 11 is 0. The zero-order chi connectivity index (χ0) is 34.6. The molecule has 1 aliphatic heterocycles. The van der Waals surface area contributed by atoms with Crippen LogP contribution in [0.15, 0.2) is 22.8 Å². The van der Waals surface area contributed by atoms with Gasteiger partial charge >= 0.3 is 29.8 Å². The van der Waals surface area contributed by atoms with E-state index in [0.29, 0.717) is 12.8 Å². The molecular formula is C34H50O12. The number of carbonyl (C=O) groups excluding carboxylic acids is 5. The number of fused-ring (bicyclic) bond motifs is 3. The molecule has 12 nitrogen and oxygen atoms in total. The van der Waals surface area contributed by atoms with Crippen molar-refractivity contribution < 1.29 is 57.9 Å². The van der Waals surface area contributed by atoms with E-state index >= 15 is 0 Å². The average Bonchev–Trinajstić information content (AvgIpc) is 3.31. The Balaban J connectivity index is 2.25. The Morgan fingerprint density at radius 2 is 1.61 bits per heavy atom. The first-order valence-corrected chi connectivity index (χ1v) is 16.3. The van der Waals surface area contributed by atoms with E-state index in [4.69, 9.17) is 23.7 Å². The largest absolute Gasteiger partial charge is 0.459 e. The maximum Gasteiger partial charge on any atom is 0.343 e. The number of unbranched alkanes of at least 4 members (excludes halogenated alkanes) is 4. The van der Waals surface area contributed by atoms with Gasteiger partial charge in [-0.1, -0.05) is 45.6 Å². The molecule has 1 saturated heterocycles. The molecule has 3 rings (SSSR count). The lowest BCUT2D eigenvalue weighted by Gasteiger charge is -2.42. The predicted molar refractivity (Wildman–Crippen MR) is 164 cm³/mol.